The van der Waals surface area contributed by atoms with E-state index in [4.69, 9.17) is 29.0 Å². The Morgan fingerprint density at radius 2 is 2.20 bits per heavy atom. The van der Waals surface area contributed by atoms with E-state index < -0.39 is 0 Å². The minimum absolute atomic E-state index is 0.287. The van der Waals surface area contributed by atoms with Crippen molar-refractivity contribution in [1.82, 2.24) is 15.2 Å². The molecule has 20 heavy (non-hydrogen) atoms. The van der Waals surface area contributed by atoms with Gasteiger partial charge in [-0.05, 0) is 30.2 Å². The highest BCUT2D eigenvalue weighted by atomic mass is 79.9. The third-order valence-corrected chi connectivity index (χ3v) is 4.23. The first-order valence-electron chi connectivity index (χ1n) is 6.20. The molecule has 0 fully saturated rings. The Labute approximate surface area is 136 Å². The molecule has 1 heterocycles. The fourth-order valence-electron chi connectivity index (χ4n) is 2.10. The van der Waals surface area contributed by atoms with Gasteiger partial charge in [0.1, 0.15) is 0 Å². The summed E-state index contributed by atoms with van der Waals surface area (Å²) in [5.74, 6) is 5.74. The van der Waals surface area contributed by atoms with E-state index in [1.165, 1.54) is 0 Å². The molecule has 0 saturated heterocycles. The van der Waals surface area contributed by atoms with Crippen LogP contribution in [0.15, 0.2) is 28.9 Å². The quantitative estimate of drug-likeness (QED) is 0.613. The largest absolute Gasteiger partial charge is 0.271 e. The average Bonchev–Trinajstić information content (AvgIpc) is 2.77. The smallest absolute Gasteiger partial charge is 0.0904 e. The van der Waals surface area contributed by atoms with Gasteiger partial charge in [-0.1, -0.05) is 46.1 Å². The van der Waals surface area contributed by atoms with Crippen molar-refractivity contribution in [2.75, 3.05) is 0 Å². The molecule has 0 aliphatic rings. The molecule has 1 atom stereocenters. The van der Waals surface area contributed by atoms with E-state index in [-0.39, 0.29) is 6.04 Å². The molecule has 1 aromatic heterocycles. The second-order valence-electron chi connectivity index (χ2n) is 4.37. The molecule has 0 amide bonds. The second kappa shape index (κ2) is 6.91. The maximum atomic E-state index is 6.27. The first-order chi connectivity index (χ1) is 9.58. The number of hydrogen-bond donors (Lipinski definition) is 2. The van der Waals surface area contributed by atoms with Crippen LogP contribution in [0, 0.1) is 0 Å². The minimum Gasteiger partial charge on any atom is -0.271 e. The number of aromatic nitrogens is 2. The second-order valence-corrected chi connectivity index (χ2v) is 6.06. The standard InChI is InChI=1S/C13H15BrCl2N4/c1-2-5-20-13(11(16)7-18-20)12(19-17)9-6-8(15)3-4-10(9)14/h3-4,6-7,12,19H,2,5,17H2,1H3. The van der Waals surface area contributed by atoms with E-state index >= 15 is 0 Å². The van der Waals surface area contributed by atoms with Crippen LogP contribution in [0.25, 0.3) is 0 Å². The van der Waals surface area contributed by atoms with Crippen molar-refractivity contribution in [3.63, 3.8) is 0 Å². The molecule has 0 aliphatic heterocycles. The Morgan fingerprint density at radius 3 is 2.85 bits per heavy atom. The summed E-state index contributed by atoms with van der Waals surface area (Å²) < 4.78 is 2.77. The van der Waals surface area contributed by atoms with Gasteiger partial charge in [0, 0.05) is 16.0 Å². The van der Waals surface area contributed by atoms with Crippen LogP contribution in [0.3, 0.4) is 0 Å². The van der Waals surface area contributed by atoms with Crippen LogP contribution in [0.5, 0.6) is 0 Å². The SMILES string of the molecule is CCCn1ncc(Cl)c1C(NN)c1cc(Cl)ccc1Br. The average molecular weight is 378 g/mol. The van der Waals surface area contributed by atoms with Crippen molar-refractivity contribution in [2.45, 2.75) is 25.9 Å². The number of hydrogen-bond acceptors (Lipinski definition) is 3. The Balaban J connectivity index is 2.52. The summed E-state index contributed by atoms with van der Waals surface area (Å²) in [7, 11) is 0. The van der Waals surface area contributed by atoms with Crippen LogP contribution in [-0.4, -0.2) is 9.78 Å². The van der Waals surface area contributed by atoms with Crippen molar-refractivity contribution in [3.05, 3.63) is 50.2 Å². The number of benzene rings is 1. The molecule has 7 heteroatoms. The van der Waals surface area contributed by atoms with E-state index in [1.807, 2.05) is 22.9 Å². The summed E-state index contributed by atoms with van der Waals surface area (Å²) in [4.78, 5) is 0. The lowest BCUT2D eigenvalue weighted by Crippen LogP contribution is -2.31. The zero-order chi connectivity index (χ0) is 14.7. The number of nitrogens with zero attached hydrogens (tertiary/aromatic N) is 2. The highest BCUT2D eigenvalue weighted by molar-refractivity contribution is 9.10. The molecule has 0 spiro atoms. The number of nitrogens with one attached hydrogen (secondary N) is 1. The summed E-state index contributed by atoms with van der Waals surface area (Å²) in [6.45, 7) is 2.86. The molecule has 1 unspecified atom stereocenters. The lowest BCUT2D eigenvalue weighted by Gasteiger charge is -2.20. The fourth-order valence-corrected chi connectivity index (χ4v) is 3.01. The van der Waals surface area contributed by atoms with Crippen molar-refractivity contribution in [2.24, 2.45) is 5.84 Å². The van der Waals surface area contributed by atoms with E-state index in [9.17, 15) is 0 Å². The van der Waals surface area contributed by atoms with Crippen molar-refractivity contribution in [3.8, 4) is 0 Å². The molecule has 4 nitrogen and oxygen atoms in total. The molecule has 0 saturated carbocycles. The molecule has 1 aromatic carbocycles. The predicted octanol–water partition coefficient (Wildman–Crippen LogP) is 3.92. The number of aryl methyl sites for hydroxylation is 1. The molecular formula is C13H15BrCl2N4. The predicted molar refractivity (Wildman–Crippen MR) is 85.8 cm³/mol. The molecule has 3 N–H and O–H groups in total. The van der Waals surface area contributed by atoms with Gasteiger partial charge in [-0.3, -0.25) is 10.5 Å². The molecule has 0 radical (unpaired) electrons. The molecule has 108 valence electrons. The maximum Gasteiger partial charge on any atom is 0.0904 e. The molecule has 2 rings (SSSR count). The summed E-state index contributed by atoms with van der Waals surface area (Å²) in [5.41, 5.74) is 4.54. The monoisotopic (exact) mass is 376 g/mol. The van der Waals surface area contributed by atoms with Gasteiger partial charge >= 0.3 is 0 Å². The van der Waals surface area contributed by atoms with Crippen LogP contribution < -0.4 is 11.3 Å². The van der Waals surface area contributed by atoms with Gasteiger partial charge in [0.05, 0.1) is 23.0 Å². The lowest BCUT2D eigenvalue weighted by atomic mass is 10.0. The third-order valence-electron chi connectivity index (χ3n) is 2.98. The number of halogens is 3. The number of rotatable bonds is 5. The summed E-state index contributed by atoms with van der Waals surface area (Å²) in [5, 5.41) is 5.51. The fraction of sp³-hybridized carbons (Fsp3) is 0.308. The van der Waals surface area contributed by atoms with Crippen molar-refractivity contribution < 1.29 is 0 Å². The summed E-state index contributed by atoms with van der Waals surface area (Å²) in [6.07, 6.45) is 2.59. The van der Waals surface area contributed by atoms with Gasteiger partial charge in [0.25, 0.3) is 0 Å². The van der Waals surface area contributed by atoms with E-state index in [1.54, 1.807) is 6.20 Å². The Bertz CT molecular complexity index is 600. The Kier molecular flexibility index (Phi) is 5.46. The zero-order valence-electron chi connectivity index (χ0n) is 10.9. The van der Waals surface area contributed by atoms with E-state index in [2.05, 4.69) is 33.4 Å². The normalized spacial score (nSPS) is 12.7. The van der Waals surface area contributed by atoms with Crippen LogP contribution in [-0.2, 0) is 6.54 Å². The first-order valence-corrected chi connectivity index (χ1v) is 7.75. The van der Waals surface area contributed by atoms with Crippen molar-refractivity contribution in [1.29, 1.82) is 0 Å². The van der Waals surface area contributed by atoms with E-state index in [0.29, 0.717) is 10.0 Å². The lowest BCUT2D eigenvalue weighted by molar-refractivity contribution is 0.520. The Morgan fingerprint density at radius 1 is 1.45 bits per heavy atom. The Hall–Kier alpha value is -0.590. The summed E-state index contributed by atoms with van der Waals surface area (Å²) in [6, 6.07) is 5.27. The van der Waals surface area contributed by atoms with Gasteiger partial charge in [0.15, 0.2) is 0 Å². The zero-order valence-corrected chi connectivity index (χ0v) is 14.0. The topological polar surface area (TPSA) is 55.9 Å². The van der Waals surface area contributed by atoms with E-state index in [0.717, 1.165) is 28.7 Å². The highest BCUT2D eigenvalue weighted by Gasteiger charge is 2.23. The van der Waals surface area contributed by atoms with Crippen LogP contribution >= 0.6 is 39.1 Å². The minimum atomic E-state index is -0.287. The van der Waals surface area contributed by atoms with Crippen molar-refractivity contribution >= 4 is 39.1 Å². The molecule has 0 bridgehead atoms. The molecule has 2 aromatic rings. The maximum absolute atomic E-state index is 6.27. The van der Waals surface area contributed by atoms with Crippen LogP contribution in [0.1, 0.15) is 30.6 Å². The van der Waals surface area contributed by atoms with Gasteiger partial charge in [-0.25, -0.2) is 5.43 Å². The van der Waals surface area contributed by atoms with Gasteiger partial charge < -0.3 is 0 Å². The van der Waals surface area contributed by atoms with Gasteiger partial charge in [0.2, 0.25) is 0 Å². The third kappa shape index (κ3) is 3.18. The summed E-state index contributed by atoms with van der Waals surface area (Å²) >= 11 is 15.9. The van der Waals surface area contributed by atoms with Gasteiger partial charge in [-0.15, -0.1) is 0 Å². The molecular weight excluding hydrogens is 363 g/mol. The van der Waals surface area contributed by atoms with Crippen LogP contribution in [0.4, 0.5) is 0 Å². The molecule has 0 aliphatic carbocycles. The number of hydrazine groups is 1. The highest BCUT2D eigenvalue weighted by Crippen LogP contribution is 2.33. The first kappa shape index (κ1) is 15.8. The number of nitrogens with two attached hydrogens (primary N) is 1. The van der Waals surface area contributed by atoms with Gasteiger partial charge in [-0.2, -0.15) is 5.10 Å². The van der Waals surface area contributed by atoms with Crippen LogP contribution in [0.2, 0.25) is 10.0 Å².